The minimum absolute atomic E-state index is 0.00370. The summed E-state index contributed by atoms with van der Waals surface area (Å²) in [5.74, 6) is -0.186. The van der Waals surface area contributed by atoms with Crippen LogP contribution in [0, 0.1) is 31.1 Å². The first-order valence-corrected chi connectivity index (χ1v) is 11.1. The zero-order chi connectivity index (χ0) is 21.1. The fourth-order valence-electron chi connectivity index (χ4n) is 3.21. The minimum atomic E-state index is -3.53. The van der Waals surface area contributed by atoms with Crippen molar-refractivity contribution in [2.45, 2.75) is 45.1 Å². The second kappa shape index (κ2) is 8.60. The molecule has 1 saturated heterocycles. The van der Waals surface area contributed by atoms with E-state index in [0.717, 1.165) is 16.0 Å². The van der Waals surface area contributed by atoms with E-state index in [1.165, 1.54) is 4.31 Å². The summed E-state index contributed by atoms with van der Waals surface area (Å²) < 4.78 is 27.5. The van der Waals surface area contributed by atoms with E-state index in [9.17, 15) is 18.5 Å². The van der Waals surface area contributed by atoms with E-state index in [0.29, 0.717) is 31.1 Å². The van der Waals surface area contributed by atoms with Gasteiger partial charge in [-0.05, 0) is 43.9 Å². The first-order chi connectivity index (χ1) is 13.0. The molecular weight excluding hydrogens is 376 g/mol. The van der Waals surface area contributed by atoms with Gasteiger partial charge in [-0.15, -0.1) is 0 Å². The van der Waals surface area contributed by atoms with Crippen molar-refractivity contribution in [2.75, 3.05) is 32.7 Å². The number of quaternary nitrogens is 1. The van der Waals surface area contributed by atoms with Crippen molar-refractivity contribution in [2.24, 2.45) is 5.92 Å². The van der Waals surface area contributed by atoms with Crippen molar-refractivity contribution in [3.05, 3.63) is 29.3 Å². The Labute approximate surface area is 168 Å². The van der Waals surface area contributed by atoms with E-state index in [1.54, 1.807) is 19.9 Å². The molecule has 0 saturated carbocycles. The average molecular weight is 408 g/mol. The summed E-state index contributed by atoms with van der Waals surface area (Å²) in [6, 6.07) is 7.62. The van der Waals surface area contributed by atoms with Gasteiger partial charge in [-0.25, -0.2) is 8.42 Å². The van der Waals surface area contributed by atoms with Crippen LogP contribution in [0.2, 0.25) is 0 Å². The highest BCUT2D eigenvalue weighted by atomic mass is 32.2. The standard InChI is InChI=1S/C20H30N4O3S/c1-15(2)20(5,14-21)22-19(25)13-23-8-10-24(11-9-23)28(26,27)18-12-16(3)6-7-17(18)4/h6-7,12,15H,8-11,13H2,1-5H3,(H,22,25)/p+1/t20-/m0/s1. The van der Waals surface area contributed by atoms with Gasteiger partial charge in [0.2, 0.25) is 10.0 Å². The highest BCUT2D eigenvalue weighted by Gasteiger charge is 2.34. The van der Waals surface area contributed by atoms with Crippen LogP contribution in [-0.4, -0.2) is 56.9 Å². The summed E-state index contributed by atoms with van der Waals surface area (Å²) in [5.41, 5.74) is 0.754. The quantitative estimate of drug-likeness (QED) is 0.707. The van der Waals surface area contributed by atoms with Crippen LogP contribution in [0.1, 0.15) is 31.9 Å². The summed E-state index contributed by atoms with van der Waals surface area (Å²) in [6.07, 6.45) is 0. The first kappa shape index (κ1) is 22.3. The Morgan fingerprint density at radius 1 is 1.32 bits per heavy atom. The first-order valence-electron chi connectivity index (χ1n) is 9.63. The molecule has 0 aliphatic carbocycles. The van der Waals surface area contributed by atoms with Crippen LogP contribution in [0.5, 0.6) is 0 Å². The van der Waals surface area contributed by atoms with Gasteiger partial charge in [0, 0.05) is 0 Å². The molecule has 2 N–H and O–H groups in total. The average Bonchev–Trinajstić information content (AvgIpc) is 2.63. The van der Waals surface area contributed by atoms with Crippen LogP contribution in [0.4, 0.5) is 0 Å². The molecule has 1 fully saturated rings. The Morgan fingerprint density at radius 2 is 1.93 bits per heavy atom. The molecule has 1 heterocycles. The number of nitrogens with one attached hydrogen (secondary N) is 2. The Bertz CT molecular complexity index is 868. The summed E-state index contributed by atoms with van der Waals surface area (Å²) in [4.78, 5) is 13.7. The van der Waals surface area contributed by atoms with Gasteiger partial charge >= 0.3 is 0 Å². The summed E-state index contributed by atoms with van der Waals surface area (Å²) >= 11 is 0. The normalized spacial score (nSPS) is 18.5. The second-order valence-electron chi connectivity index (χ2n) is 8.12. The van der Waals surface area contributed by atoms with Crippen molar-refractivity contribution >= 4 is 15.9 Å². The number of amides is 1. The third-order valence-electron chi connectivity index (χ3n) is 5.59. The molecule has 1 amide bonds. The molecule has 28 heavy (non-hydrogen) atoms. The Morgan fingerprint density at radius 3 is 2.46 bits per heavy atom. The van der Waals surface area contributed by atoms with Gasteiger partial charge in [0.25, 0.3) is 5.91 Å². The lowest BCUT2D eigenvalue weighted by Gasteiger charge is -2.33. The third-order valence-corrected chi connectivity index (χ3v) is 7.63. The molecule has 0 unspecified atom stereocenters. The summed E-state index contributed by atoms with van der Waals surface area (Å²) in [7, 11) is -3.53. The van der Waals surface area contributed by atoms with Gasteiger partial charge in [-0.2, -0.15) is 9.57 Å². The molecular formula is C20H31N4O3S+. The topological polar surface area (TPSA) is 94.7 Å². The lowest BCUT2D eigenvalue weighted by molar-refractivity contribution is -0.895. The smallest absolute Gasteiger partial charge is 0.276 e. The number of aryl methyl sites for hydroxylation is 2. The number of carbonyl (C=O) groups is 1. The molecule has 1 aromatic rings. The Kier molecular flexibility index (Phi) is 6.86. The van der Waals surface area contributed by atoms with E-state index in [1.807, 2.05) is 32.9 Å². The molecule has 0 aromatic heterocycles. The second-order valence-corrected chi connectivity index (χ2v) is 10.0. The van der Waals surface area contributed by atoms with Gasteiger partial charge in [-0.1, -0.05) is 26.0 Å². The number of piperazine rings is 1. The third kappa shape index (κ3) is 4.90. The number of carbonyl (C=O) groups excluding carboxylic acids is 1. The highest BCUT2D eigenvalue weighted by molar-refractivity contribution is 7.89. The molecule has 0 radical (unpaired) electrons. The molecule has 7 nitrogen and oxygen atoms in total. The van der Waals surface area contributed by atoms with Gasteiger partial charge in [-0.3, -0.25) is 4.79 Å². The number of nitrogens with zero attached hydrogens (tertiary/aromatic N) is 2. The van der Waals surface area contributed by atoms with E-state index in [2.05, 4.69) is 11.4 Å². The maximum Gasteiger partial charge on any atom is 0.276 e. The van der Waals surface area contributed by atoms with Crippen LogP contribution >= 0.6 is 0 Å². The maximum atomic E-state index is 13.0. The summed E-state index contributed by atoms with van der Waals surface area (Å²) in [6.45, 7) is 11.3. The van der Waals surface area contributed by atoms with Gasteiger partial charge < -0.3 is 10.2 Å². The van der Waals surface area contributed by atoms with E-state index >= 15 is 0 Å². The van der Waals surface area contributed by atoms with Crippen molar-refractivity contribution in [1.29, 1.82) is 5.26 Å². The SMILES string of the molecule is Cc1ccc(C)c(S(=O)(=O)N2CC[NH+](CC(=O)N[C@@](C)(C#N)C(C)C)CC2)c1. The minimum Gasteiger partial charge on any atom is -0.333 e. The number of rotatable bonds is 6. The van der Waals surface area contributed by atoms with Crippen LogP contribution in [-0.2, 0) is 14.8 Å². The molecule has 1 atom stereocenters. The molecule has 1 aliphatic heterocycles. The van der Waals surface area contributed by atoms with Gasteiger partial charge in [0.15, 0.2) is 6.54 Å². The lowest BCUT2D eigenvalue weighted by atomic mass is 9.90. The van der Waals surface area contributed by atoms with E-state index in [-0.39, 0.29) is 18.4 Å². The van der Waals surface area contributed by atoms with Gasteiger partial charge in [0.1, 0.15) is 5.54 Å². The molecule has 2 rings (SSSR count). The zero-order valence-corrected chi connectivity index (χ0v) is 18.2. The monoisotopic (exact) mass is 407 g/mol. The predicted molar refractivity (Wildman–Crippen MR) is 107 cm³/mol. The van der Waals surface area contributed by atoms with Crippen molar-refractivity contribution in [1.82, 2.24) is 9.62 Å². The number of hydrogen-bond donors (Lipinski definition) is 2. The molecule has 1 aliphatic rings. The zero-order valence-electron chi connectivity index (χ0n) is 17.4. The Hall–Kier alpha value is -1.95. The van der Waals surface area contributed by atoms with Gasteiger partial charge in [0.05, 0.1) is 37.1 Å². The fraction of sp³-hybridized carbons (Fsp3) is 0.600. The largest absolute Gasteiger partial charge is 0.333 e. The number of hydrogen-bond acceptors (Lipinski definition) is 4. The number of nitriles is 1. The summed E-state index contributed by atoms with van der Waals surface area (Å²) in [5, 5.41) is 12.2. The molecule has 154 valence electrons. The molecule has 0 bridgehead atoms. The van der Waals surface area contributed by atoms with E-state index < -0.39 is 15.6 Å². The van der Waals surface area contributed by atoms with E-state index in [4.69, 9.17) is 0 Å². The molecule has 1 aromatic carbocycles. The van der Waals surface area contributed by atoms with Crippen LogP contribution in [0.3, 0.4) is 0 Å². The maximum absolute atomic E-state index is 13.0. The van der Waals surface area contributed by atoms with Crippen LogP contribution in [0.15, 0.2) is 23.1 Å². The van der Waals surface area contributed by atoms with Crippen molar-refractivity contribution < 1.29 is 18.1 Å². The molecule has 0 spiro atoms. The van der Waals surface area contributed by atoms with Crippen molar-refractivity contribution in [3.8, 4) is 6.07 Å². The number of benzene rings is 1. The Balaban J connectivity index is 1.98. The van der Waals surface area contributed by atoms with Crippen LogP contribution in [0.25, 0.3) is 0 Å². The molecule has 8 heteroatoms. The lowest BCUT2D eigenvalue weighted by Crippen LogP contribution is -3.16. The predicted octanol–water partition coefficient (Wildman–Crippen LogP) is 0.247. The highest BCUT2D eigenvalue weighted by Crippen LogP contribution is 2.21. The van der Waals surface area contributed by atoms with Crippen molar-refractivity contribution in [3.63, 3.8) is 0 Å². The fourth-order valence-corrected chi connectivity index (χ4v) is 4.96. The van der Waals surface area contributed by atoms with Crippen LogP contribution < -0.4 is 10.2 Å². The number of sulfonamides is 1.